The van der Waals surface area contributed by atoms with Crippen molar-refractivity contribution in [2.45, 2.75) is 51.7 Å². The van der Waals surface area contributed by atoms with Crippen molar-refractivity contribution in [3.8, 4) is 0 Å². The zero-order chi connectivity index (χ0) is 24.5. The van der Waals surface area contributed by atoms with Crippen molar-refractivity contribution < 1.29 is 14.0 Å². The Labute approximate surface area is 209 Å². The molecule has 2 atom stereocenters. The van der Waals surface area contributed by atoms with Crippen LogP contribution < -0.4 is 5.32 Å². The molecule has 0 aliphatic rings. The number of hydrogen-bond donors (Lipinski definition) is 1. The number of benzene rings is 3. The molecule has 0 saturated carbocycles. The zero-order valence-electron chi connectivity index (χ0n) is 19.5. The number of hydrogen-bond acceptors (Lipinski definition) is 2. The molecule has 4 nitrogen and oxygen atoms in total. The maximum atomic E-state index is 14.4. The van der Waals surface area contributed by atoms with Crippen LogP contribution in [0, 0.1) is 5.82 Å². The molecule has 34 heavy (non-hydrogen) atoms. The fourth-order valence-electron chi connectivity index (χ4n) is 3.69. The maximum Gasteiger partial charge on any atom is 0.243 e. The van der Waals surface area contributed by atoms with Crippen LogP contribution in [0.25, 0.3) is 0 Å². The zero-order valence-corrected chi connectivity index (χ0v) is 21.1. The predicted molar refractivity (Wildman–Crippen MR) is 137 cm³/mol. The summed E-state index contributed by atoms with van der Waals surface area (Å²) in [4.78, 5) is 28.6. The molecule has 2 amide bonds. The van der Waals surface area contributed by atoms with Crippen LogP contribution in [-0.4, -0.2) is 28.8 Å². The first-order valence-electron chi connectivity index (χ1n) is 11.5. The van der Waals surface area contributed by atoms with Gasteiger partial charge >= 0.3 is 0 Å². The Morgan fingerprint density at radius 3 is 2.24 bits per heavy atom. The Hall–Kier alpha value is -2.99. The summed E-state index contributed by atoms with van der Waals surface area (Å²) in [7, 11) is 0. The van der Waals surface area contributed by atoms with E-state index in [9.17, 15) is 14.0 Å². The van der Waals surface area contributed by atoms with Crippen LogP contribution in [-0.2, 0) is 29.0 Å². The molecular formula is C28H30BrFN2O2. The minimum Gasteiger partial charge on any atom is -0.352 e. The van der Waals surface area contributed by atoms with Gasteiger partial charge in [0.1, 0.15) is 11.9 Å². The van der Waals surface area contributed by atoms with Gasteiger partial charge in [0, 0.05) is 23.5 Å². The molecular weight excluding hydrogens is 495 g/mol. The third kappa shape index (κ3) is 7.26. The second kappa shape index (κ2) is 12.5. The third-order valence-corrected chi connectivity index (χ3v) is 6.37. The van der Waals surface area contributed by atoms with E-state index in [4.69, 9.17) is 0 Å². The lowest BCUT2D eigenvalue weighted by Gasteiger charge is -2.32. The molecule has 3 rings (SSSR count). The molecule has 0 bridgehead atoms. The Bertz CT molecular complexity index is 1090. The normalized spacial score (nSPS) is 12.6. The van der Waals surface area contributed by atoms with E-state index in [1.807, 2.05) is 68.4 Å². The summed E-state index contributed by atoms with van der Waals surface area (Å²) >= 11 is 3.44. The molecule has 0 unspecified atom stereocenters. The molecule has 0 aliphatic heterocycles. The highest BCUT2D eigenvalue weighted by molar-refractivity contribution is 9.10. The Kier molecular flexibility index (Phi) is 9.40. The van der Waals surface area contributed by atoms with Gasteiger partial charge in [0.15, 0.2) is 0 Å². The number of rotatable bonds is 10. The van der Waals surface area contributed by atoms with E-state index in [-0.39, 0.29) is 30.8 Å². The summed E-state index contributed by atoms with van der Waals surface area (Å²) in [6.07, 6.45) is 1.02. The van der Waals surface area contributed by atoms with E-state index in [2.05, 4.69) is 21.2 Å². The first-order chi connectivity index (χ1) is 16.4. The molecule has 3 aromatic rings. The number of carbonyl (C=O) groups is 2. The van der Waals surface area contributed by atoms with Gasteiger partial charge in [0.05, 0.1) is 6.42 Å². The fraction of sp³-hybridized carbons (Fsp3) is 0.286. The van der Waals surface area contributed by atoms with Crippen molar-refractivity contribution in [1.29, 1.82) is 0 Å². The fourth-order valence-corrected chi connectivity index (χ4v) is 3.95. The SMILES string of the molecule is CC[C@@H](C)NC(=O)[C@H](Cc1ccccc1)N(Cc1ccc(Br)cc1)C(=O)Cc1ccccc1F. The first-order valence-corrected chi connectivity index (χ1v) is 12.3. The van der Waals surface area contributed by atoms with Crippen molar-refractivity contribution in [3.05, 3.63) is 106 Å². The van der Waals surface area contributed by atoms with E-state index in [1.165, 1.54) is 6.07 Å². The molecule has 1 N–H and O–H groups in total. The first kappa shape index (κ1) is 25.6. The largest absolute Gasteiger partial charge is 0.352 e. The molecule has 3 aromatic carbocycles. The van der Waals surface area contributed by atoms with Crippen molar-refractivity contribution in [2.24, 2.45) is 0 Å². The average molecular weight is 525 g/mol. The molecule has 0 saturated heterocycles. The Morgan fingerprint density at radius 1 is 0.941 bits per heavy atom. The minimum absolute atomic E-state index is 0.0260. The molecule has 0 aliphatic carbocycles. The van der Waals surface area contributed by atoms with Crippen molar-refractivity contribution in [2.75, 3.05) is 0 Å². The highest BCUT2D eigenvalue weighted by atomic mass is 79.9. The van der Waals surface area contributed by atoms with Gasteiger partial charge in [-0.15, -0.1) is 0 Å². The second-order valence-corrected chi connectivity index (χ2v) is 9.36. The van der Waals surface area contributed by atoms with Gasteiger partial charge in [0.2, 0.25) is 11.8 Å². The lowest BCUT2D eigenvalue weighted by Crippen LogP contribution is -2.52. The van der Waals surface area contributed by atoms with Crippen LogP contribution in [0.5, 0.6) is 0 Å². The van der Waals surface area contributed by atoms with Gasteiger partial charge in [-0.3, -0.25) is 9.59 Å². The Morgan fingerprint density at radius 2 is 1.59 bits per heavy atom. The summed E-state index contributed by atoms with van der Waals surface area (Å²) in [5.41, 5.74) is 2.15. The van der Waals surface area contributed by atoms with Gasteiger partial charge in [-0.2, -0.15) is 0 Å². The molecule has 0 radical (unpaired) electrons. The van der Waals surface area contributed by atoms with Gasteiger partial charge < -0.3 is 10.2 Å². The number of nitrogens with one attached hydrogen (secondary N) is 1. The summed E-state index contributed by atoms with van der Waals surface area (Å²) < 4.78 is 15.3. The van der Waals surface area contributed by atoms with Crippen molar-refractivity contribution >= 4 is 27.7 Å². The average Bonchev–Trinajstić information content (AvgIpc) is 2.84. The van der Waals surface area contributed by atoms with Crippen LogP contribution in [0.15, 0.2) is 83.3 Å². The summed E-state index contributed by atoms with van der Waals surface area (Å²) in [5.74, 6) is -0.937. The molecule has 0 heterocycles. The van der Waals surface area contributed by atoms with Crippen molar-refractivity contribution in [1.82, 2.24) is 10.2 Å². The number of carbonyl (C=O) groups excluding carboxylic acids is 2. The molecule has 178 valence electrons. The second-order valence-electron chi connectivity index (χ2n) is 8.44. The monoisotopic (exact) mass is 524 g/mol. The highest BCUT2D eigenvalue weighted by Crippen LogP contribution is 2.19. The van der Waals surface area contributed by atoms with Gasteiger partial charge in [-0.05, 0) is 48.2 Å². The number of amides is 2. The van der Waals surface area contributed by atoms with Gasteiger partial charge in [-0.1, -0.05) is 83.5 Å². The summed E-state index contributed by atoms with van der Waals surface area (Å²) in [6, 6.07) is 22.8. The quantitative estimate of drug-likeness (QED) is 0.370. The molecule has 0 fully saturated rings. The van der Waals surface area contributed by atoms with Crippen LogP contribution in [0.4, 0.5) is 4.39 Å². The minimum atomic E-state index is -0.737. The van der Waals surface area contributed by atoms with E-state index in [1.54, 1.807) is 23.1 Å². The third-order valence-electron chi connectivity index (χ3n) is 5.84. The topological polar surface area (TPSA) is 49.4 Å². The predicted octanol–water partition coefficient (Wildman–Crippen LogP) is 5.69. The van der Waals surface area contributed by atoms with Gasteiger partial charge in [0.25, 0.3) is 0 Å². The van der Waals surface area contributed by atoms with E-state index in [0.717, 1.165) is 22.0 Å². The molecule has 0 spiro atoms. The number of nitrogens with zero attached hydrogens (tertiary/aromatic N) is 1. The smallest absolute Gasteiger partial charge is 0.243 e. The lowest BCUT2D eigenvalue weighted by atomic mass is 10.0. The summed E-state index contributed by atoms with van der Waals surface area (Å²) in [6.45, 7) is 4.18. The highest BCUT2D eigenvalue weighted by Gasteiger charge is 2.31. The van der Waals surface area contributed by atoms with Crippen LogP contribution in [0.3, 0.4) is 0 Å². The van der Waals surface area contributed by atoms with E-state index in [0.29, 0.717) is 12.0 Å². The standard InChI is InChI=1S/C28H30BrFN2O2/c1-3-20(2)31-28(34)26(17-21-9-5-4-6-10-21)32(19-22-13-15-24(29)16-14-22)27(33)18-23-11-7-8-12-25(23)30/h4-16,20,26H,3,17-19H2,1-2H3,(H,31,34)/t20-,26+/m1/s1. The van der Waals surface area contributed by atoms with E-state index >= 15 is 0 Å². The van der Waals surface area contributed by atoms with E-state index < -0.39 is 11.9 Å². The van der Waals surface area contributed by atoms with Gasteiger partial charge in [-0.25, -0.2) is 4.39 Å². The lowest BCUT2D eigenvalue weighted by molar-refractivity contribution is -0.141. The maximum absolute atomic E-state index is 14.4. The van der Waals surface area contributed by atoms with Crippen LogP contribution in [0.1, 0.15) is 37.0 Å². The Balaban J connectivity index is 1.97. The van der Waals surface area contributed by atoms with Crippen LogP contribution >= 0.6 is 15.9 Å². The molecule has 0 aromatic heterocycles. The van der Waals surface area contributed by atoms with Crippen molar-refractivity contribution in [3.63, 3.8) is 0 Å². The van der Waals surface area contributed by atoms with Crippen LogP contribution in [0.2, 0.25) is 0 Å². The molecule has 6 heteroatoms. The summed E-state index contributed by atoms with van der Waals surface area (Å²) in [5, 5.41) is 3.04. The number of halogens is 2.